The molecule has 1 unspecified atom stereocenters. The fourth-order valence-electron chi connectivity index (χ4n) is 2.36. The molecule has 0 bridgehead atoms. The Morgan fingerprint density at radius 1 is 1.36 bits per heavy atom. The predicted octanol–water partition coefficient (Wildman–Crippen LogP) is 5.62. The molecule has 0 rings (SSSR count). The molecule has 0 heterocycles. The third kappa shape index (κ3) is 10.3. The van der Waals surface area contributed by atoms with Crippen molar-refractivity contribution in [2.75, 3.05) is 13.2 Å². The molecule has 0 radical (unpaired) electrons. The highest BCUT2D eigenvalue weighted by molar-refractivity contribution is 6.39. The number of allylic oxidation sites excluding steroid dienone is 2. The number of hydrogen-bond donors (Lipinski definition) is 1. The summed E-state index contributed by atoms with van der Waals surface area (Å²) in [7, 11) is 0. The molecule has 0 aliphatic heterocycles. The van der Waals surface area contributed by atoms with Gasteiger partial charge in [0.2, 0.25) is 5.92 Å². The van der Waals surface area contributed by atoms with Crippen molar-refractivity contribution in [2.24, 2.45) is 16.8 Å². The van der Waals surface area contributed by atoms with Gasteiger partial charge < -0.3 is 0 Å². The lowest BCUT2D eigenvalue weighted by Crippen LogP contribution is -2.31. The van der Waals surface area contributed by atoms with Crippen LogP contribution in [0.25, 0.3) is 0 Å². The minimum atomic E-state index is -2.55. The van der Waals surface area contributed by atoms with Gasteiger partial charge in [0, 0.05) is 19.1 Å². The van der Waals surface area contributed by atoms with Crippen LogP contribution in [0.5, 0.6) is 0 Å². The van der Waals surface area contributed by atoms with Crippen LogP contribution >= 0.6 is 11.6 Å². The fraction of sp³-hybridized carbons (Fsp3) is 0.824. The van der Waals surface area contributed by atoms with Crippen molar-refractivity contribution in [3.63, 3.8) is 0 Å². The van der Waals surface area contributed by atoms with Crippen molar-refractivity contribution in [1.29, 1.82) is 0 Å². The molecule has 2 atom stereocenters. The SMILES string of the molecule is C/C=C(Cl)\C=N/CNC[C@@H](CCCC)C(C)CC(F)(F)CC. The van der Waals surface area contributed by atoms with Crippen LogP contribution in [-0.2, 0) is 0 Å². The largest absolute Gasteiger partial charge is 0.298 e. The van der Waals surface area contributed by atoms with Crippen molar-refractivity contribution in [1.82, 2.24) is 5.32 Å². The molecule has 0 aliphatic carbocycles. The van der Waals surface area contributed by atoms with Crippen LogP contribution < -0.4 is 5.32 Å². The molecule has 22 heavy (non-hydrogen) atoms. The van der Waals surface area contributed by atoms with Gasteiger partial charge in [-0.2, -0.15) is 0 Å². The van der Waals surface area contributed by atoms with E-state index in [0.717, 1.165) is 19.3 Å². The van der Waals surface area contributed by atoms with Gasteiger partial charge in [0.25, 0.3) is 0 Å². The van der Waals surface area contributed by atoms with E-state index < -0.39 is 5.92 Å². The second-order valence-electron chi connectivity index (χ2n) is 5.89. The van der Waals surface area contributed by atoms with E-state index in [-0.39, 0.29) is 24.7 Å². The van der Waals surface area contributed by atoms with Crippen LogP contribution in [0, 0.1) is 11.8 Å². The molecule has 0 spiro atoms. The number of nitrogens with one attached hydrogen (secondary N) is 1. The van der Waals surface area contributed by atoms with E-state index in [1.165, 1.54) is 0 Å². The molecule has 0 aromatic rings. The Morgan fingerprint density at radius 2 is 2.05 bits per heavy atom. The number of aliphatic imine (C=N–C) groups is 1. The zero-order valence-electron chi connectivity index (χ0n) is 14.3. The Morgan fingerprint density at radius 3 is 2.59 bits per heavy atom. The standard InChI is InChI=1S/C17H31ClF2N2/c1-5-8-9-15(14(4)10-17(19,20)7-3)11-21-13-22-12-16(18)6-2/h6,12,14-15,21H,5,7-11,13H2,1-4H3/b16-6+,22-12-/t14?,15-/m1/s1. The second kappa shape index (κ2) is 12.0. The number of nitrogens with zero attached hydrogens (tertiary/aromatic N) is 1. The highest BCUT2D eigenvalue weighted by Gasteiger charge is 2.31. The number of rotatable bonds is 12. The normalized spacial score (nSPS) is 16.2. The number of unbranched alkanes of at least 4 members (excludes halogenated alkanes) is 1. The highest BCUT2D eigenvalue weighted by Crippen LogP contribution is 2.32. The molecular formula is C17H31ClF2N2. The first-order valence-electron chi connectivity index (χ1n) is 8.26. The molecule has 0 saturated carbocycles. The first-order valence-corrected chi connectivity index (χ1v) is 8.64. The molecule has 130 valence electrons. The minimum absolute atomic E-state index is 0.00268. The summed E-state index contributed by atoms with van der Waals surface area (Å²) in [5.41, 5.74) is 0. The van der Waals surface area contributed by atoms with E-state index in [2.05, 4.69) is 17.2 Å². The Hall–Kier alpha value is -0.480. The van der Waals surface area contributed by atoms with Crippen molar-refractivity contribution < 1.29 is 8.78 Å². The summed E-state index contributed by atoms with van der Waals surface area (Å²) in [5, 5.41) is 3.83. The summed E-state index contributed by atoms with van der Waals surface area (Å²) < 4.78 is 27.2. The van der Waals surface area contributed by atoms with E-state index in [1.807, 2.05) is 13.8 Å². The Bertz CT molecular complexity index is 344. The molecule has 0 saturated heterocycles. The first kappa shape index (κ1) is 21.5. The van der Waals surface area contributed by atoms with Gasteiger partial charge in [-0.25, -0.2) is 8.78 Å². The molecular weight excluding hydrogens is 306 g/mol. The van der Waals surface area contributed by atoms with Crippen LogP contribution in [0.3, 0.4) is 0 Å². The van der Waals surface area contributed by atoms with Gasteiger partial charge in [-0.1, -0.05) is 51.3 Å². The first-order chi connectivity index (χ1) is 10.4. The molecule has 0 amide bonds. The Balaban J connectivity index is 4.36. The van der Waals surface area contributed by atoms with Crippen LogP contribution in [0.15, 0.2) is 16.1 Å². The maximum absolute atomic E-state index is 13.6. The maximum Gasteiger partial charge on any atom is 0.248 e. The van der Waals surface area contributed by atoms with Crippen LogP contribution in [0.2, 0.25) is 0 Å². The van der Waals surface area contributed by atoms with E-state index in [0.29, 0.717) is 18.2 Å². The van der Waals surface area contributed by atoms with Gasteiger partial charge in [-0.3, -0.25) is 10.3 Å². The molecule has 0 aromatic carbocycles. The lowest BCUT2D eigenvalue weighted by atomic mass is 9.84. The van der Waals surface area contributed by atoms with Crippen LogP contribution in [0.4, 0.5) is 8.78 Å². The summed E-state index contributed by atoms with van der Waals surface area (Å²) in [6.07, 6.45) is 6.38. The maximum atomic E-state index is 13.6. The summed E-state index contributed by atoms with van der Waals surface area (Å²) in [6.45, 7) is 8.63. The average molecular weight is 337 g/mol. The molecule has 0 aliphatic rings. The summed E-state index contributed by atoms with van der Waals surface area (Å²) in [5.74, 6) is -2.30. The van der Waals surface area contributed by atoms with E-state index in [4.69, 9.17) is 11.6 Å². The van der Waals surface area contributed by atoms with Crippen molar-refractivity contribution in [3.05, 3.63) is 11.1 Å². The van der Waals surface area contributed by atoms with Gasteiger partial charge in [0.05, 0.1) is 11.7 Å². The lowest BCUT2D eigenvalue weighted by Gasteiger charge is -2.27. The number of alkyl halides is 2. The third-order valence-electron chi connectivity index (χ3n) is 3.97. The monoisotopic (exact) mass is 336 g/mol. The van der Waals surface area contributed by atoms with Gasteiger partial charge in [0.15, 0.2) is 0 Å². The van der Waals surface area contributed by atoms with Gasteiger partial charge in [0.1, 0.15) is 0 Å². The zero-order valence-corrected chi connectivity index (χ0v) is 15.1. The molecule has 0 fully saturated rings. The van der Waals surface area contributed by atoms with Crippen LogP contribution in [0.1, 0.15) is 59.8 Å². The highest BCUT2D eigenvalue weighted by atomic mass is 35.5. The lowest BCUT2D eigenvalue weighted by molar-refractivity contribution is -0.0320. The van der Waals surface area contributed by atoms with Crippen molar-refractivity contribution in [3.8, 4) is 0 Å². The third-order valence-corrected chi connectivity index (χ3v) is 4.29. The van der Waals surface area contributed by atoms with Gasteiger partial charge in [-0.15, -0.1) is 0 Å². The summed E-state index contributed by atoms with van der Waals surface area (Å²) in [4.78, 5) is 4.16. The molecule has 5 heteroatoms. The van der Waals surface area contributed by atoms with Crippen molar-refractivity contribution >= 4 is 17.8 Å². The quantitative estimate of drug-likeness (QED) is 0.363. The van der Waals surface area contributed by atoms with E-state index in [1.54, 1.807) is 19.2 Å². The average Bonchev–Trinajstić information content (AvgIpc) is 2.49. The minimum Gasteiger partial charge on any atom is -0.298 e. The van der Waals surface area contributed by atoms with Crippen molar-refractivity contribution in [2.45, 2.75) is 65.7 Å². The topological polar surface area (TPSA) is 24.4 Å². The van der Waals surface area contributed by atoms with Gasteiger partial charge in [-0.05, 0) is 31.7 Å². The molecule has 2 nitrogen and oxygen atoms in total. The van der Waals surface area contributed by atoms with E-state index >= 15 is 0 Å². The second-order valence-corrected chi connectivity index (χ2v) is 6.33. The molecule has 1 N–H and O–H groups in total. The fourth-order valence-corrected chi connectivity index (χ4v) is 2.43. The van der Waals surface area contributed by atoms with Crippen LogP contribution in [-0.4, -0.2) is 25.4 Å². The predicted molar refractivity (Wildman–Crippen MR) is 93.0 cm³/mol. The summed E-state index contributed by atoms with van der Waals surface area (Å²) in [6, 6.07) is 0. The summed E-state index contributed by atoms with van der Waals surface area (Å²) >= 11 is 5.81. The Labute approximate surface area is 139 Å². The number of hydrogen-bond acceptors (Lipinski definition) is 2. The van der Waals surface area contributed by atoms with E-state index in [9.17, 15) is 8.78 Å². The Kier molecular flexibility index (Phi) is 11.7. The smallest absolute Gasteiger partial charge is 0.248 e. The van der Waals surface area contributed by atoms with Gasteiger partial charge >= 0.3 is 0 Å². The zero-order chi connectivity index (χ0) is 17.0. The molecule has 0 aromatic heterocycles. The number of halogens is 3.